The molecule has 0 aliphatic rings. The number of hydrogen-bond acceptors (Lipinski definition) is 2. The molecular weight excluding hydrogens is 262 g/mol. The van der Waals surface area contributed by atoms with Gasteiger partial charge in [0.05, 0.1) is 5.69 Å². The number of anilines is 1. The van der Waals surface area contributed by atoms with Crippen molar-refractivity contribution >= 4 is 11.6 Å². The predicted octanol–water partition coefficient (Wildman–Crippen LogP) is 2.98. The lowest BCUT2D eigenvalue weighted by molar-refractivity contribution is 0.102. The third-order valence-electron chi connectivity index (χ3n) is 2.95. The lowest BCUT2D eigenvalue weighted by Crippen LogP contribution is -2.13. The Labute approximate surface area is 115 Å². The highest BCUT2D eigenvalue weighted by atomic mass is 19.1. The molecule has 0 aromatic heterocycles. The van der Waals surface area contributed by atoms with Crippen LogP contribution in [0, 0.1) is 18.6 Å². The fourth-order valence-electron chi connectivity index (χ4n) is 1.73. The number of nitrogens with one attached hydrogen (secondary N) is 1. The van der Waals surface area contributed by atoms with Crippen molar-refractivity contribution in [1.82, 2.24) is 0 Å². The summed E-state index contributed by atoms with van der Waals surface area (Å²) in [6, 6.07) is 8.60. The zero-order valence-corrected chi connectivity index (χ0v) is 10.9. The fourth-order valence-corrected chi connectivity index (χ4v) is 1.73. The molecule has 104 valence electrons. The molecule has 2 rings (SSSR count). The molecule has 3 N–H and O–H groups in total. The molecule has 0 bridgehead atoms. The van der Waals surface area contributed by atoms with E-state index in [1.807, 2.05) is 0 Å². The van der Waals surface area contributed by atoms with Gasteiger partial charge in [-0.15, -0.1) is 0 Å². The second-order valence-electron chi connectivity index (χ2n) is 4.44. The van der Waals surface area contributed by atoms with Gasteiger partial charge in [-0.05, 0) is 36.2 Å². The molecule has 0 saturated heterocycles. The second-order valence-corrected chi connectivity index (χ2v) is 4.44. The Morgan fingerprint density at radius 3 is 2.40 bits per heavy atom. The molecule has 0 aliphatic carbocycles. The number of aryl methyl sites for hydroxylation is 1. The van der Waals surface area contributed by atoms with Crippen LogP contribution in [0.5, 0.6) is 0 Å². The molecule has 5 heteroatoms. The van der Waals surface area contributed by atoms with Gasteiger partial charge in [0, 0.05) is 18.2 Å². The van der Waals surface area contributed by atoms with Crippen molar-refractivity contribution in [2.24, 2.45) is 5.73 Å². The van der Waals surface area contributed by atoms with E-state index in [1.165, 1.54) is 6.92 Å². The van der Waals surface area contributed by atoms with Gasteiger partial charge in [0.15, 0.2) is 0 Å². The Morgan fingerprint density at radius 1 is 1.15 bits per heavy atom. The molecule has 0 saturated carbocycles. The highest BCUT2D eigenvalue weighted by Crippen LogP contribution is 2.19. The largest absolute Gasteiger partial charge is 0.326 e. The molecule has 0 fully saturated rings. The number of nitrogens with two attached hydrogens (primary N) is 1. The highest BCUT2D eigenvalue weighted by molar-refractivity contribution is 6.04. The van der Waals surface area contributed by atoms with Gasteiger partial charge < -0.3 is 11.1 Å². The average Bonchev–Trinajstić information content (AvgIpc) is 2.44. The van der Waals surface area contributed by atoms with Crippen molar-refractivity contribution in [2.45, 2.75) is 13.5 Å². The number of amides is 1. The van der Waals surface area contributed by atoms with Crippen LogP contribution < -0.4 is 11.1 Å². The van der Waals surface area contributed by atoms with E-state index in [2.05, 4.69) is 5.32 Å². The van der Waals surface area contributed by atoms with E-state index in [1.54, 1.807) is 24.3 Å². The van der Waals surface area contributed by atoms with Gasteiger partial charge in [0.1, 0.15) is 11.6 Å². The van der Waals surface area contributed by atoms with Crippen molar-refractivity contribution in [3.8, 4) is 0 Å². The van der Waals surface area contributed by atoms with Crippen molar-refractivity contribution in [1.29, 1.82) is 0 Å². The minimum atomic E-state index is -0.671. The van der Waals surface area contributed by atoms with Crippen molar-refractivity contribution in [3.63, 3.8) is 0 Å². The Hall–Kier alpha value is -2.27. The maximum Gasteiger partial charge on any atom is 0.255 e. The van der Waals surface area contributed by atoms with E-state index in [4.69, 9.17) is 5.73 Å². The quantitative estimate of drug-likeness (QED) is 0.905. The maximum absolute atomic E-state index is 13.6. The molecule has 0 spiro atoms. The van der Waals surface area contributed by atoms with Crippen LogP contribution in [0.25, 0.3) is 0 Å². The minimum absolute atomic E-state index is 0.180. The standard InChI is InChI=1S/C15H14F2N2O/c1-9-6-13(17)14(7-12(9)16)19-15(20)11-4-2-10(8-18)3-5-11/h2-7H,8,18H2,1H3,(H,19,20). The van der Waals surface area contributed by atoms with Crippen molar-refractivity contribution < 1.29 is 13.6 Å². The molecule has 2 aromatic rings. The van der Waals surface area contributed by atoms with Crippen LogP contribution in [0.2, 0.25) is 0 Å². The molecule has 0 radical (unpaired) electrons. The van der Waals surface area contributed by atoms with Gasteiger partial charge in [-0.25, -0.2) is 8.78 Å². The Kier molecular flexibility index (Phi) is 4.10. The SMILES string of the molecule is Cc1cc(F)c(NC(=O)c2ccc(CN)cc2)cc1F. The summed E-state index contributed by atoms with van der Waals surface area (Å²) in [5.41, 5.74) is 6.70. The van der Waals surface area contributed by atoms with Crippen LogP contribution in [0.4, 0.5) is 14.5 Å². The molecule has 1 amide bonds. The van der Waals surface area contributed by atoms with Crippen LogP contribution in [0.1, 0.15) is 21.5 Å². The number of carbonyl (C=O) groups excluding carboxylic acids is 1. The van der Waals surface area contributed by atoms with Crippen LogP contribution in [-0.4, -0.2) is 5.91 Å². The smallest absolute Gasteiger partial charge is 0.255 e. The minimum Gasteiger partial charge on any atom is -0.326 e. The van der Waals surface area contributed by atoms with Gasteiger partial charge in [0.2, 0.25) is 0 Å². The van der Waals surface area contributed by atoms with E-state index < -0.39 is 17.5 Å². The molecular formula is C15H14F2N2O. The molecule has 20 heavy (non-hydrogen) atoms. The lowest BCUT2D eigenvalue weighted by atomic mass is 10.1. The van der Waals surface area contributed by atoms with Gasteiger partial charge in [-0.2, -0.15) is 0 Å². The van der Waals surface area contributed by atoms with Crippen molar-refractivity contribution in [3.05, 3.63) is 64.7 Å². The molecule has 0 unspecified atom stereocenters. The van der Waals surface area contributed by atoms with E-state index in [9.17, 15) is 13.6 Å². The Bertz CT molecular complexity index is 639. The molecule has 0 atom stereocenters. The van der Waals surface area contributed by atoms with Gasteiger partial charge in [-0.1, -0.05) is 12.1 Å². The molecule has 3 nitrogen and oxygen atoms in total. The van der Waals surface area contributed by atoms with Crippen LogP contribution >= 0.6 is 0 Å². The fraction of sp³-hybridized carbons (Fsp3) is 0.133. The first-order chi connectivity index (χ1) is 9.51. The third-order valence-corrected chi connectivity index (χ3v) is 2.95. The normalized spacial score (nSPS) is 10.4. The molecule has 0 heterocycles. The van der Waals surface area contributed by atoms with E-state index in [0.29, 0.717) is 12.1 Å². The number of hydrogen-bond donors (Lipinski definition) is 2. The van der Waals surface area contributed by atoms with E-state index >= 15 is 0 Å². The summed E-state index contributed by atoms with van der Waals surface area (Å²) in [5.74, 6) is -1.74. The number of carbonyl (C=O) groups is 1. The average molecular weight is 276 g/mol. The molecule has 0 aliphatic heterocycles. The first-order valence-corrected chi connectivity index (χ1v) is 6.07. The topological polar surface area (TPSA) is 55.1 Å². The number of rotatable bonds is 3. The Balaban J connectivity index is 2.20. The lowest BCUT2D eigenvalue weighted by Gasteiger charge is -2.08. The summed E-state index contributed by atoms with van der Waals surface area (Å²) in [7, 11) is 0. The molecule has 2 aromatic carbocycles. The van der Waals surface area contributed by atoms with Crippen LogP contribution in [0.3, 0.4) is 0 Å². The number of benzene rings is 2. The summed E-state index contributed by atoms with van der Waals surface area (Å²) in [5, 5.41) is 2.35. The summed E-state index contributed by atoms with van der Waals surface area (Å²) < 4.78 is 27.0. The summed E-state index contributed by atoms with van der Waals surface area (Å²) in [6.45, 7) is 1.83. The zero-order valence-electron chi connectivity index (χ0n) is 10.9. The van der Waals surface area contributed by atoms with Crippen LogP contribution in [0.15, 0.2) is 36.4 Å². The van der Waals surface area contributed by atoms with E-state index in [-0.39, 0.29) is 11.3 Å². The third kappa shape index (κ3) is 3.00. The van der Waals surface area contributed by atoms with Gasteiger partial charge in [-0.3, -0.25) is 4.79 Å². The van der Waals surface area contributed by atoms with Gasteiger partial charge in [0.25, 0.3) is 5.91 Å². The highest BCUT2D eigenvalue weighted by Gasteiger charge is 2.11. The second kappa shape index (κ2) is 5.79. The first-order valence-electron chi connectivity index (χ1n) is 6.07. The summed E-state index contributed by atoms with van der Waals surface area (Å²) in [4.78, 5) is 11.9. The predicted molar refractivity (Wildman–Crippen MR) is 73.4 cm³/mol. The number of halogens is 2. The summed E-state index contributed by atoms with van der Waals surface area (Å²) >= 11 is 0. The summed E-state index contributed by atoms with van der Waals surface area (Å²) in [6.07, 6.45) is 0. The monoisotopic (exact) mass is 276 g/mol. The van der Waals surface area contributed by atoms with Gasteiger partial charge >= 0.3 is 0 Å². The Morgan fingerprint density at radius 2 is 1.80 bits per heavy atom. The maximum atomic E-state index is 13.6. The first kappa shape index (κ1) is 14.1. The van der Waals surface area contributed by atoms with E-state index in [0.717, 1.165) is 17.7 Å². The van der Waals surface area contributed by atoms with Crippen LogP contribution in [-0.2, 0) is 6.54 Å². The zero-order chi connectivity index (χ0) is 14.7. The van der Waals surface area contributed by atoms with Crippen molar-refractivity contribution in [2.75, 3.05) is 5.32 Å².